The monoisotopic (exact) mass is 364 g/mol. The van der Waals surface area contributed by atoms with Gasteiger partial charge in [0.05, 0.1) is 10.8 Å². The highest BCUT2D eigenvalue weighted by Gasteiger charge is 2.31. The van der Waals surface area contributed by atoms with Crippen LogP contribution < -0.4 is 10.9 Å². The van der Waals surface area contributed by atoms with E-state index in [-0.39, 0.29) is 17.5 Å². The summed E-state index contributed by atoms with van der Waals surface area (Å²) in [5.74, 6) is -0.292. The fraction of sp³-hybridized carbons (Fsp3) is 0.333. The first-order valence-electron chi connectivity index (χ1n) is 7.37. The average Bonchev–Trinajstić information content (AvgIpc) is 3.19. The molecule has 1 aliphatic rings. The Bertz CT molecular complexity index is 873. The molecule has 9 heteroatoms. The Kier molecular flexibility index (Phi) is 4.72. The molecule has 24 heavy (non-hydrogen) atoms. The standard InChI is InChI=1S/C15H16N4O3S2/c1-3-6-19-13(21)11-10(4-8-23-11)17-15(19)24-9(2)12(20)18-7-5-16-14(18)22/h3-4,8-9H,1,5-7H2,2H3,(H,16,22)/t9-/m1/s1. The summed E-state index contributed by atoms with van der Waals surface area (Å²) in [6.45, 7) is 6.51. The van der Waals surface area contributed by atoms with Crippen LogP contribution in [-0.4, -0.2) is 44.7 Å². The second-order valence-corrected chi connectivity index (χ2v) is 7.44. The van der Waals surface area contributed by atoms with Gasteiger partial charge in [-0.3, -0.25) is 19.1 Å². The highest BCUT2D eigenvalue weighted by atomic mass is 32.2. The van der Waals surface area contributed by atoms with Crippen molar-refractivity contribution in [1.82, 2.24) is 19.8 Å². The van der Waals surface area contributed by atoms with E-state index in [1.54, 1.807) is 19.1 Å². The number of thioether (sulfide) groups is 1. The number of hydrogen-bond donors (Lipinski definition) is 1. The Labute approximate surface area is 146 Å². The van der Waals surface area contributed by atoms with Gasteiger partial charge in [-0.25, -0.2) is 9.78 Å². The molecule has 3 amide bonds. The Hall–Kier alpha value is -2.13. The third-order valence-electron chi connectivity index (χ3n) is 3.60. The lowest BCUT2D eigenvalue weighted by atomic mass is 10.4. The van der Waals surface area contributed by atoms with Crippen LogP contribution in [-0.2, 0) is 11.3 Å². The highest BCUT2D eigenvalue weighted by molar-refractivity contribution is 8.00. The van der Waals surface area contributed by atoms with Gasteiger partial charge in [-0.05, 0) is 18.4 Å². The van der Waals surface area contributed by atoms with Gasteiger partial charge in [-0.1, -0.05) is 17.8 Å². The van der Waals surface area contributed by atoms with E-state index >= 15 is 0 Å². The molecule has 3 rings (SSSR count). The summed E-state index contributed by atoms with van der Waals surface area (Å²) in [4.78, 5) is 42.3. The van der Waals surface area contributed by atoms with Gasteiger partial charge >= 0.3 is 6.03 Å². The molecule has 126 valence electrons. The lowest BCUT2D eigenvalue weighted by Crippen LogP contribution is -2.39. The summed E-state index contributed by atoms with van der Waals surface area (Å²) >= 11 is 2.52. The van der Waals surface area contributed by atoms with Crippen molar-refractivity contribution in [1.29, 1.82) is 0 Å². The maximum Gasteiger partial charge on any atom is 0.324 e. The first-order valence-corrected chi connectivity index (χ1v) is 9.13. The van der Waals surface area contributed by atoms with Crippen molar-refractivity contribution in [3.8, 4) is 0 Å². The summed E-state index contributed by atoms with van der Waals surface area (Å²) in [6.07, 6.45) is 1.62. The number of amides is 3. The van der Waals surface area contributed by atoms with Gasteiger partial charge in [0.2, 0.25) is 5.91 Å². The second-order valence-electron chi connectivity index (χ2n) is 5.22. The van der Waals surface area contributed by atoms with Gasteiger partial charge in [0.15, 0.2) is 5.16 Å². The van der Waals surface area contributed by atoms with Crippen LogP contribution in [0.4, 0.5) is 4.79 Å². The van der Waals surface area contributed by atoms with Gasteiger partial charge in [-0.2, -0.15) is 0 Å². The fourth-order valence-corrected chi connectivity index (χ4v) is 4.17. The zero-order valence-electron chi connectivity index (χ0n) is 13.0. The maximum absolute atomic E-state index is 12.6. The number of aromatic nitrogens is 2. The van der Waals surface area contributed by atoms with E-state index in [9.17, 15) is 14.4 Å². The van der Waals surface area contributed by atoms with Crippen molar-refractivity contribution in [3.05, 3.63) is 34.5 Å². The minimum atomic E-state index is -0.534. The van der Waals surface area contributed by atoms with Gasteiger partial charge in [0, 0.05) is 19.6 Å². The molecule has 2 aromatic rings. The Morgan fingerprint density at radius 3 is 3.04 bits per heavy atom. The minimum Gasteiger partial charge on any atom is -0.336 e. The summed E-state index contributed by atoms with van der Waals surface area (Å²) in [5.41, 5.74) is 0.474. The van der Waals surface area contributed by atoms with Gasteiger partial charge < -0.3 is 5.32 Å². The van der Waals surface area contributed by atoms with E-state index in [2.05, 4.69) is 16.9 Å². The molecule has 0 unspecified atom stereocenters. The number of imide groups is 1. The SMILES string of the molecule is C=CCn1c(S[C@H](C)C(=O)N2CCNC2=O)nc2ccsc2c1=O. The van der Waals surface area contributed by atoms with Crippen LogP contribution in [0.3, 0.4) is 0 Å². The first-order chi connectivity index (χ1) is 11.5. The molecule has 1 fully saturated rings. The quantitative estimate of drug-likeness (QED) is 0.496. The van der Waals surface area contributed by atoms with E-state index in [1.807, 2.05) is 5.38 Å². The molecule has 0 aliphatic carbocycles. The number of carbonyl (C=O) groups is 2. The van der Waals surface area contributed by atoms with Crippen LogP contribution in [0, 0.1) is 0 Å². The highest BCUT2D eigenvalue weighted by Crippen LogP contribution is 2.25. The lowest BCUT2D eigenvalue weighted by Gasteiger charge is -2.18. The Balaban J connectivity index is 1.92. The zero-order chi connectivity index (χ0) is 17.3. The fourth-order valence-electron chi connectivity index (χ4n) is 2.41. The third-order valence-corrected chi connectivity index (χ3v) is 5.56. The van der Waals surface area contributed by atoms with Crippen LogP contribution in [0.15, 0.2) is 34.1 Å². The van der Waals surface area contributed by atoms with Crippen molar-refractivity contribution in [2.75, 3.05) is 13.1 Å². The van der Waals surface area contributed by atoms with Crippen LogP contribution in [0.1, 0.15) is 6.92 Å². The molecule has 2 aromatic heterocycles. The van der Waals surface area contributed by atoms with Crippen LogP contribution in [0.5, 0.6) is 0 Å². The molecule has 0 radical (unpaired) electrons. The molecule has 1 N–H and O–H groups in total. The number of allylic oxidation sites excluding steroid dienone is 1. The normalized spacial score (nSPS) is 15.5. The minimum absolute atomic E-state index is 0.143. The van der Waals surface area contributed by atoms with E-state index in [0.29, 0.717) is 35.0 Å². The van der Waals surface area contributed by atoms with Gasteiger partial charge in [0.1, 0.15) is 4.70 Å². The van der Waals surface area contributed by atoms with E-state index in [0.717, 1.165) is 0 Å². The molecule has 7 nitrogen and oxygen atoms in total. The molecule has 0 aromatic carbocycles. The molecule has 3 heterocycles. The smallest absolute Gasteiger partial charge is 0.324 e. The topological polar surface area (TPSA) is 84.3 Å². The Morgan fingerprint density at radius 1 is 1.58 bits per heavy atom. The van der Waals surface area contributed by atoms with E-state index in [4.69, 9.17) is 0 Å². The average molecular weight is 364 g/mol. The molecular formula is C15H16N4O3S2. The molecule has 1 atom stereocenters. The third kappa shape index (κ3) is 2.96. The van der Waals surface area contributed by atoms with Crippen molar-refractivity contribution in [3.63, 3.8) is 0 Å². The van der Waals surface area contributed by atoms with Crippen molar-refractivity contribution in [2.45, 2.75) is 23.9 Å². The number of nitrogens with zero attached hydrogens (tertiary/aromatic N) is 3. The molecule has 0 bridgehead atoms. The summed E-state index contributed by atoms with van der Waals surface area (Å²) < 4.78 is 2.09. The lowest BCUT2D eigenvalue weighted by molar-refractivity contribution is -0.126. The largest absolute Gasteiger partial charge is 0.336 e. The number of urea groups is 1. The molecule has 1 saturated heterocycles. The van der Waals surface area contributed by atoms with Gasteiger partial charge in [-0.15, -0.1) is 17.9 Å². The summed E-state index contributed by atoms with van der Waals surface area (Å²) in [7, 11) is 0. The van der Waals surface area contributed by atoms with Crippen LogP contribution >= 0.6 is 23.1 Å². The number of nitrogens with one attached hydrogen (secondary N) is 1. The Morgan fingerprint density at radius 2 is 2.38 bits per heavy atom. The number of fused-ring (bicyclic) bond motifs is 1. The van der Waals surface area contributed by atoms with Crippen molar-refractivity contribution in [2.24, 2.45) is 0 Å². The van der Waals surface area contributed by atoms with E-state index in [1.165, 1.54) is 32.6 Å². The number of hydrogen-bond acceptors (Lipinski definition) is 6. The summed E-state index contributed by atoms with van der Waals surface area (Å²) in [5, 5.41) is 4.34. The number of rotatable bonds is 5. The van der Waals surface area contributed by atoms with E-state index < -0.39 is 5.25 Å². The number of carbonyl (C=O) groups excluding carboxylic acids is 2. The molecular weight excluding hydrogens is 348 g/mol. The van der Waals surface area contributed by atoms with Crippen LogP contribution in [0.2, 0.25) is 0 Å². The predicted molar refractivity (Wildman–Crippen MR) is 94.5 cm³/mol. The maximum atomic E-state index is 12.6. The van der Waals surface area contributed by atoms with Crippen molar-refractivity contribution >= 4 is 45.3 Å². The molecule has 1 aliphatic heterocycles. The predicted octanol–water partition coefficient (Wildman–Crippen LogP) is 1.68. The van der Waals surface area contributed by atoms with Crippen molar-refractivity contribution < 1.29 is 9.59 Å². The van der Waals surface area contributed by atoms with Crippen LogP contribution in [0.25, 0.3) is 10.2 Å². The number of thiophene rings is 1. The first kappa shape index (κ1) is 16.7. The van der Waals surface area contributed by atoms with Gasteiger partial charge in [0.25, 0.3) is 5.56 Å². The molecule has 0 spiro atoms. The second kappa shape index (κ2) is 6.78. The molecule has 0 saturated carbocycles. The zero-order valence-corrected chi connectivity index (χ0v) is 14.7. The summed E-state index contributed by atoms with van der Waals surface area (Å²) in [6, 6.07) is 1.40.